The van der Waals surface area contributed by atoms with Crippen molar-refractivity contribution in [2.24, 2.45) is 17.8 Å². The topological polar surface area (TPSA) is 212 Å². The summed E-state index contributed by atoms with van der Waals surface area (Å²) in [5.41, 5.74) is 9.64. The third-order valence-corrected chi connectivity index (χ3v) is 22.2. The zero-order valence-electron chi connectivity index (χ0n) is 56.6. The number of methoxy groups -OCH3 is 1. The van der Waals surface area contributed by atoms with Gasteiger partial charge in [-0.1, -0.05) is 121 Å². The molecule has 95 heavy (non-hydrogen) atoms. The van der Waals surface area contributed by atoms with Crippen LogP contribution in [0.15, 0.2) is 115 Å². The van der Waals surface area contributed by atoms with Crippen molar-refractivity contribution in [1.82, 2.24) is 15.1 Å². The van der Waals surface area contributed by atoms with Crippen LogP contribution in [-0.2, 0) is 33.4 Å². The number of hydrogen-bond acceptors (Lipinski definition) is 13. The Bertz CT molecular complexity index is 3810. The van der Waals surface area contributed by atoms with E-state index in [2.05, 4.69) is 62.0 Å². The number of nitrogens with one attached hydrogen (secondary N) is 2. The maximum atomic E-state index is 15.0. The highest BCUT2D eigenvalue weighted by atomic mass is 28.3. The number of carbonyl (C=O) groups is 7. The number of hydrogen-bond donors (Lipinski definition) is 2. The summed E-state index contributed by atoms with van der Waals surface area (Å²) >= 11 is 0. The van der Waals surface area contributed by atoms with Gasteiger partial charge in [-0.3, -0.25) is 38.6 Å². The zero-order chi connectivity index (χ0) is 67.6. The van der Waals surface area contributed by atoms with E-state index in [4.69, 9.17) is 28.4 Å². The Balaban J connectivity index is 0.724. The number of ketones is 1. The Morgan fingerprint density at radius 1 is 0.632 bits per heavy atom. The lowest BCUT2D eigenvalue weighted by Gasteiger charge is -2.27. The Morgan fingerprint density at radius 2 is 1.18 bits per heavy atom. The summed E-state index contributed by atoms with van der Waals surface area (Å²) < 4.78 is 36.8. The molecule has 4 atom stereocenters. The fraction of sp³-hybridized carbons (Fsp3) is 0.446. The minimum atomic E-state index is -1.51. The van der Waals surface area contributed by atoms with E-state index in [1.807, 2.05) is 75.5 Å². The van der Waals surface area contributed by atoms with Crippen LogP contribution in [0.3, 0.4) is 0 Å². The van der Waals surface area contributed by atoms with Crippen LogP contribution in [0, 0.1) is 24.7 Å². The molecule has 4 heterocycles. The van der Waals surface area contributed by atoms with Gasteiger partial charge in [0.05, 0.1) is 48.9 Å². The number of fused-ring (bicyclic) bond motifs is 7. The van der Waals surface area contributed by atoms with Gasteiger partial charge in [0.15, 0.2) is 17.3 Å². The predicted molar refractivity (Wildman–Crippen MR) is 371 cm³/mol. The summed E-state index contributed by atoms with van der Waals surface area (Å²) in [6, 6.07) is 29.5. The SMILES string of the molecule is COc1cc2c(cc1OCCCOc1cc3c(cc1C)C(=O)N1C=C(c4ccc(NC(=O)[C@H](C)CC(=O)[C@@H](NC(=O)OCC5c6ccccc6-c6ccccc65)C(C)C)cc4)C[C@H]1C(=O)N3COCC[Si](C)(C)C)N(COCC[Si](C)(C)C)C(=O)[C@@H]1CC(C3CC3)=CN1C2=O. The van der Waals surface area contributed by atoms with E-state index < -0.39 is 46.3 Å². The molecule has 0 radical (unpaired) electrons. The molecule has 1 saturated carbocycles. The molecule has 2 N–H and O–H groups in total. The summed E-state index contributed by atoms with van der Waals surface area (Å²) in [6.07, 6.45) is 6.06. The molecular formula is C74H90N6O13Si2. The number of benzene rings is 5. The standard InChI is InChI=1S/C74H90N6O13Si2/c1-45(2)68(76-74(87)93-42-59-55-19-14-12-17-53(55)54-18-13-15-20-56(54)59)64(81)34-47(4)69(82)75-52-25-23-49(24-26-52)51-36-62-72(85)79(43-89-29-31-94(6,7)8)60-38-65(46(3)33-57(60)70(83)77(62)41-51)91-27-16-28-92-67-39-61-58(37-66(67)88-5)71(84)78-40-50(48-21-22-48)35-63(78)73(86)80(61)44-90-30-32-95(9,10)11/h12-15,17-20,23-26,33,37-41,45,47-48,59,62-63,68H,16,21-22,27-32,34-36,42-44H2,1-11H3,(H,75,82)(H,76,87)/t47-,62+,63+,68+/m1/s1. The van der Waals surface area contributed by atoms with Crippen molar-refractivity contribution in [3.05, 3.63) is 148 Å². The van der Waals surface area contributed by atoms with Crippen LogP contribution in [0.5, 0.6) is 17.2 Å². The van der Waals surface area contributed by atoms with Gasteiger partial charge in [0.25, 0.3) is 23.6 Å². The van der Waals surface area contributed by atoms with Crippen molar-refractivity contribution in [3.63, 3.8) is 0 Å². The highest BCUT2D eigenvalue weighted by molar-refractivity contribution is 6.76. The molecule has 5 aromatic rings. The normalized spacial score (nSPS) is 18.2. The maximum absolute atomic E-state index is 15.0. The number of amides is 6. The van der Waals surface area contributed by atoms with Crippen molar-refractivity contribution in [2.75, 3.05) is 68.7 Å². The Hall–Kier alpha value is -8.38. The number of aryl methyl sites for hydroxylation is 1. The first-order chi connectivity index (χ1) is 45.4. The van der Waals surface area contributed by atoms with E-state index in [-0.39, 0.29) is 93.3 Å². The number of anilines is 3. The number of Topliss-reactive ketones (excluding diaryl/α,β-unsaturated/α-hetero) is 1. The molecule has 4 aliphatic heterocycles. The third-order valence-electron chi connectivity index (χ3n) is 18.8. The van der Waals surface area contributed by atoms with Crippen molar-refractivity contribution in [1.29, 1.82) is 0 Å². The van der Waals surface area contributed by atoms with Crippen LogP contribution in [-0.4, -0.2) is 139 Å². The minimum absolute atomic E-state index is 0.00781. The van der Waals surface area contributed by atoms with Crippen molar-refractivity contribution < 1.29 is 62.0 Å². The molecule has 6 aliphatic rings. The Kier molecular flexibility index (Phi) is 20.4. The van der Waals surface area contributed by atoms with Crippen LogP contribution < -0.4 is 34.6 Å². The lowest BCUT2D eigenvalue weighted by molar-refractivity contribution is -0.127. The Morgan fingerprint density at radius 3 is 1.75 bits per heavy atom. The third kappa shape index (κ3) is 15.3. The summed E-state index contributed by atoms with van der Waals surface area (Å²) in [6.45, 7) is 22.1. The summed E-state index contributed by atoms with van der Waals surface area (Å²) in [5, 5.41) is 5.71. The average Bonchev–Trinajstić information content (AvgIpc) is 1.63. The molecule has 0 spiro atoms. The molecule has 19 nitrogen and oxygen atoms in total. The molecule has 0 bridgehead atoms. The highest BCUT2D eigenvalue weighted by Crippen LogP contribution is 2.48. The lowest BCUT2D eigenvalue weighted by Crippen LogP contribution is -2.45. The smallest absolute Gasteiger partial charge is 0.407 e. The maximum Gasteiger partial charge on any atom is 0.407 e. The number of alkyl carbamates (subject to hydrolysis) is 1. The highest BCUT2D eigenvalue weighted by Gasteiger charge is 2.47. The molecule has 11 rings (SSSR count). The van der Waals surface area contributed by atoms with Gasteiger partial charge >= 0.3 is 6.09 Å². The summed E-state index contributed by atoms with van der Waals surface area (Å²) in [7, 11) is -1.42. The van der Waals surface area contributed by atoms with Crippen LogP contribution >= 0.6 is 0 Å². The van der Waals surface area contributed by atoms with Crippen molar-refractivity contribution >= 4 is 80.2 Å². The van der Waals surface area contributed by atoms with Crippen LogP contribution in [0.2, 0.25) is 51.4 Å². The molecule has 502 valence electrons. The molecule has 5 aromatic carbocycles. The van der Waals surface area contributed by atoms with Gasteiger partial charge in [0, 0.05) is 97.1 Å². The second-order valence-electron chi connectivity index (χ2n) is 28.8. The van der Waals surface area contributed by atoms with E-state index in [1.54, 1.807) is 64.2 Å². The Labute approximate surface area is 559 Å². The first kappa shape index (κ1) is 68.0. The molecule has 21 heteroatoms. The number of carbonyl (C=O) groups excluding carboxylic acids is 7. The van der Waals surface area contributed by atoms with E-state index in [0.717, 1.165) is 63.9 Å². The predicted octanol–water partition coefficient (Wildman–Crippen LogP) is 13.0. The fourth-order valence-corrected chi connectivity index (χ4v) is 14.5. The van der Waals surface area contributed by atoms with E-state index in [0.29, 0.717) is 83.0 Å². The van der Waals surface area contributed by atoms with E-state index >= 15 is 0 Å². The molecule has 0 aromatic heterocycles. The van der Waals surface area contributed by atoms with E-state index in [9.17, 15) is 33.6 Å². The first-order valence-corrected chi connectivity index (χ1v) is 40.8. The van der Waals surface area contributed by atoms with Gasteiger partial charge in [-0.25, -0.2) is 4.79 Å². The molecule has 0 saturated heterocycles. The zero-order valence-corrected chi connectivity index (χ0v) is 58.6. The first-order valence-electron chi connectivity index (χ1n) is 33.4. The average molecular weight is 1330 g/mol. The molecule has 0 unspecified atom stereocenters. The largest absolute Gasteiger partial charge is 0.493 e. The second kappa shape index (κ2) is 28.5. The van der Waals surface area contributed by atoms with Crippen molar-refractivity contribution in [3.8, 4) is 28.4 Å². The monoisotopic (exact) mass is 1330 g/mol. The quantitative estimate of drug-likeness (QED) is 0.0353. The second-order valence-corrected chi connectivity index (χ2v) is 40.0. The van der Waals surface area contributed by atoms with Gasteiger partial charge < -0.3 is 48.9 Å². The number of nitrogens with zero attached hydrogens (tertiary/aromatic N) is 4. The molecular weight excluding hydrogens is 1240 g/mol. The van der Waals surface area contributed by atoms with Gasteiger partial charge in [0.1, 0.15) is 37.9 Å². The van der Waals surface area contributed by atoms with Crippen molar-refractivity contribution in [2.45, 2.75) is 142 Å². The van der Waals surface area contributed by atoms with Gasteiger partial charge in [-0.2, -0.15) is 0 Å². The van der Waals surface area contributed by atoms with Gasteiger partial charge in [-0.15, -0.1) is 0 Å². The van der Waals surface area contributed by atoms with Crippen LogP contribution in [0.1, 0.15) is 108 Å². The van der Waals surface area contributed by atoms with Crippen LogP contribution in [0.25, 0.3) is 16.7 Å². The molecule has 2 aliphatic carbocycles. The van der Waals surface area contributed by atoms with Gasteiger partial charge in [-0.05, 0) is 112 Å². The van der Waals surface area contributed by atoms with Crippen LogP contribution in [0.4, 0.5) is 21.9 Å². The van der Waals surface area contributed by atoms with E-state index in [1.165, 1.54) is 12.0 Å². The lowest BCUT2D eigenvalue weighted by atomic mass is 9.93. The molecule has 6 amide bonds. The number of rotatable bonds is 28. The minimum Gasteiger partial charge on any atom is -0.493 e. The number of ether oxygens (including phenoxy) is 6. The summed E-state index contributed by atoms with van der Waals surface area (Å²) in [5.74, 6) is -1.34. The van der Waals surface area contributed by atoms with Gasteiger partial charge in [0.2, 0.25) is 5.91 Å². The molecule has 1 fully saturated rings. The summed E-state index contributed by atoms with van der Waals surface area (Å²) in [4.78, 5) is 105. The fourth-order valence-electron chi connectivity index (χ4n) is 13.0.